The Balaban J connectivity index is 3.10. The van der Waals surface area contributed by atoms with Crippen LogP contribution in [-0.2, 0) is 4.74 Å². The standard InChI is InChI=1S/C12H20ClN3O4/c1-3-5-12(7-17,20-2)9(18)10(13)16-6-4-8(14)15-11(16)19/h4,6,9-10,17-18H,3,5,7H2,1-2H3,(H2,14,15,19)/t9-,10-,12+/m0/s1. The van der Waals surface area contributed by atoms with Crippen LogP contribution in [0.15, 0.2) is 17.1 Å². The van der Waals surface area contributed by atoms with Crippen molar-refractivity contribution in [1.29, 1.82) is 0 Å². The van der Waals surface area contributed by atoms with E-state index in [1.165, 1.54) is 19.4 Å². The molecule has 0 amide bonds. The van der Waals surface area contributed by atoms with Gasteiger partial charge in [0, 0.05) is 13.3 Å². The van der Waals surface area contributed by atoms with E-state index in [0.29, 0.717) is 12.8 Å². The Morgan fingerprint density at radius 1 is 1.65 bits per heavy atom. The number of halogens is 1. The van der Waals surface area contributed by atoms with Gasteiger partial charge in [-0.25, -0.2) is 4.79 Å². The molecule has 0 aliphatic rings. The van der Waals surface area contributed by atoms with E-state index in [1.54, 1.807) is 0 Å². The number of aliphatic hydroxyl groups excluding tert-OH is 2. The highest BCUT2D eigenvalue weighted by molar-refractivity contribution is 6.19. The van der Waals surface area contributed by atoms with Crippen LogP contribution in [0.3, 0.4) is 0 Å². The number of rotatable bonds is 7. The molecular weight excluding hydrogens is 286 g/mol. The van der Waals surface area contributed by atoms with Gasteiger partial charge in [0.1, 0.15) is 23.0 Å². The Morgan fingerprint density at radius 2 is 2.30 bits per heavy atom. The van der Waals surface area contributed by atoms with Crippen molar-refractivity contribution in [3.63, 3.8) is 0 Å². The van der Waals surface area contributed by atoms with Gasteiger partial charge in [-0.3, -0.25) is 4.57 Å². The van der Waals surface area contributed by atoms with Crippen LogP contribution in [-0.4, -0.2) is 45.2 Å². The number of ether oxygens (including phenoxy) is 1. The quantitative estimate of drug-likeness (QED) is 0.616. The summed E-state index contributed by atoms with van der Waals surface area (Å²) in [4.78, 5) is 15.3. The Morgan fingerprint density at radius 3 is 2.75 bits per heavy atom. The van der Waals surface area contributed by atoms with E-state index in [0.717, 1.165) is 4.57 Å². The van der Waals surface area contributed by atoms with Gasteiger partial charge in [0.05, 0.1) is 6.61 Å². The average molecular weight is 306 g/mol. The minimum Gasteiger partial charge on any atom is -0.393 e. The first kappa shape index (κ1) is 16.9. The van der Waals surface area contributed by atoms with E-state index in [2.05, 4.69) is 4.98 Å². The number of nitrogens with two attached hydrogens (primary N) is 1. The molecule has 0 spiro atoms. The fourth-order valence-electron chi connectivity index (χ4n) is 2.05. The molecule has 7 nitrogen and oxygen atoms in total. The van der Waals surface area contributed by atoms with Gasteiger partial charge in [-0.1, -0.05) is 24.9 Å². The maximum atomic E-state index is 11.7. The largest absolute Gasteiger partial charge is 0.393 e. The van der Waals surface area contributed by atoms with Gasteiger partial charge in [-0.15, -0.1) is 0 Å². The highest BCUT2D eigenvalue weighted by Crippen LogP contribution is 2.30. The monoisotopic (exact) mass is 305 g/mol. The molecule has 0 saturated heterocycles. The molecule has 0 radical (unpaired) electrons. The molecule has 0 aliphatic heterocycles. The van der Waals surface area contributed by atoms with E-state index in [1.807, 2.05) is 6.92 Å². The third-order valence-electron chi connectivity index (χ3n) is 3.26. The second-order valence-corrected chi connectivity index (χ2v) is 4.98. The Hall–Kier alpha value is -1.15. The molecule has 0 saturated carbocycles. The molecule has 0 fully saturated rings. The van der Waals surface area contributed by atoms with Crippen molar-refractivity contribution >= 4 is 17.4 Å². The van der Waals surface area contributed by atoms with Crippen LogP contribution >= 0.6 is 11.6 Å². The van der Waals surface area contributed by atoms with Crippen LogP contribution in [0.4, 0.5) is 5.82 Å². The number of aromatic nitrogens is 2. The van der Waals surface area contributed by atoms with Gasteiger partial charge in [-0.05, 0) is 12.5 Å². The fraction of sp³-hybridized carbons (Fsp3) is 0.667. The average Bonchev–Trinajstić information content (AvgIpc) is 2.43. The van der Waals surface area contributed by atoms with E-state index < -0.39 is 29.5 Å². The minimum atomic E-state index is -1.29. The van der Waals surface area contributed by atoms with Crippen LogP contribution in [0.1, 0.15) is 25.3 Å². The van der Waals surface area contributed by atoms with Crippen LogP contribution in [0.25, 0.3) is 0 Å². The molecule has 0 aromatic carbocycles. The van der Waals surface area contributed by atoms with Gasteiger partial charge in [0.15, 0.2) is 0 Å². The van der Waals surface area contributed by atoms with Crippen LogP contribution in [0.2, 0.25) is 0 Å². The summed E-state index contributed by atoms with van der Waals surface area (Å²) in [5.74, 6) is 0.0679. The number of hydrogen-bond acceptors (Lipinski definition) is 6. The summed E-state index contributed by atoms with van der Waals surface area (Å²) in [6, 6.07) is 1.40. The maximum Gasteiger partial charge on any atom is 0.350 e. The number of hydrogen-bond donors (Lipinski definition) is 3. The van der Waals surface area contributed by atoms with E-state index in [-0.39, 0.29) is 5.82 Å². The molecule has 114 valence electrons. The molecular formula is C12H20ClN3O4. The molecule has 4 N–H and O–H groups in total. The summed E-state index contributed by atoms with van der Waals surface area (Å²) in [7, 11) is 1.38. The number of anilines is 1. The van der Waals surface area contributed by atoms with Crippen LogP contribution in [0, 0.1) is 0 Å². The summed E-state index contributed by atoms with van der Waals surface area (Å²) in [5, 5.41) is 19.9. The van der Waals surface area contributed by atoms with Crippen molar-refractivity contribution in [2.24, 2.45) is 0 Å². The molecule has 1 aromatic heterocycles. The maximum absolute atomic E-state index is 11.7. The van der Waals surface area contributed by atoms with Crippen molar-refractivity contribution in [2.75, 3.05) is 19.5 Å². The molecule has 1 heterocycles. The second kappa shape index (κ2) is 7.03. The smallest absolute Gasteiger partial charge is 0.350 e. The molecule has 3 atom stereocenters. The predicted molar refractivity (Wildman–Crippen MR) is 75.5 cm³/mol. The second-order valence-electron chi connectivity index (χ2n) is 4.54. The zero-order valence-electron chi connectivity index (χ0n) is 11.5. The highest BCUT2D eigenvalue weighted by Gasteiger charge is 2.42. The Labute approximate surface area is 122 Å². The van der Waals surface area contributed by atoms with Gasteiger partial charge in [-0.2, -0.15) is 4.98 Å². The zero-order valence-corrected chi connectivity index (χ0v) is 12.2. The number of nitrogens with zero attached hydrogens (tertiary/aromatic N) is 2. The van der Waals surface area contributed by atoms with Gasteiger partial charge in [0.25, 0.3) is 0 Å². The third-order valence-corrected chi connectivity index (χ3v) is 3.71. The lowest BCUT2D eigenvalue weighted by Gasteiger charge is -2.37. The molecule has 8 heteroatoms. The Kier molecular flexibility index (Phi) is 5.94. The van der Waals surface area contributed by atoms with Crippen molar-refractivity contribution < 1.29 is 14.9 Å². The van der Waals surface area contributed by atoms with Crippen molar-refractivity contribution in [2.45, 2.75) is 37.0 Å². The lowest BCUT2D eigenvalue weighted by Crippen LogP contribution is -2.51. The fourth-order valence-corrected chi connectivity index (χ4v) is 2.43. The molecule has 0 bridgehead atoms. The summed E-state index contributed by atoms with van der Waals surface area (Å²) in [6.45, 7) is 1.47. The first-order chi connectivity index (χ1) is 9.41. The third kappa shape index (κ3) is 3.29. The van der Waals surface area contributed by atoms with E-state index in [4.69, 9.17) is 22.1 Å². The van der Waals surface area contributed by atoms with Crippen LogP contribution in [0.5, 0.6) is 0 Å². The molecule has 20 heavy (non-hydrogen) atoms. The first-order valence-electron chi connectivity index (χ1n) is 6.24. The molecule has 1 rings (SSSR count). The lowest BCUT2D eigenvalue weighted by molar-refractivity contribution is -0.140. The SMILES string of the molecule is CCC[C@](CO)(OC)[C@@H](O)[C@@H](Cl)n1ccc(N)nc1=O. The Bertz CT molecular complexity index is 490. The summed E-state index contributed by atoms with van der Waals surface area (Å²) < 4.78 is 6.29. The van der Waals surface area contributed by atoms with Gasteiger partial charge >= 0.3 is 5.69 Å². The predicted octanol–water partition coefficient (Wildman–Crippen LogP) is 0.101. The number of nitrogen functional groups attached to an aromatic ring is 1. The van der Waals surface area contributed by atoms with E-state index in [9.17, 15) is 15.0 Å². The highest BCUT2D eigenvalue weighted by atomic mass is 35.5. The van der Waals surface area contributed by atoms with Crippen LogP contribution < -0.4 is 11.4 Å². The van der Waals surface area contributed by atoms with Gasteiger partial charge in [0.2, 0.25) is 0 Å². The van der Waals surface area contributed by atoms with Gasteiger partial charge < -0.3 is 20.7 Å². The molecule has 0 aliphatic carbocycles. The number of alkyl halides is 1. The van der Waals surface area contributed by atoms with Crippen molar-refractivity contribution in [3.05, 3.63) is 22.7 Å². The topological polar surface area (TPSA) is 111 Å². The first-order valence-corrected chi connectivity index (χ1v) is 6.68. The number of methoxy groups -OCH3 is 1. The lowest BCUT2D eigenvalue weighted by atomic mass is 9.91. The summed E-state index contributed by atoms with van der Waals surface area (Å²) in [6.07, 6.45) is 1.11. The molecule has 0 unspecified atom stereocenters. The van der Waals surface area contributed by atoms with Crippen molar-refractivity contribution in [1.82, 2.24) is 9.55 Å². The summed E-state index contributed by atoms with van der Waals surface area (Å²) >= 11 is 6.13. The van der Waals surface area contributed by atoms with Crippen molar-refractivity contribution in [3.8, 4) is 0 Å². The normalized spacial score (nSPS) is 17.4. The zero-order chi connectivity index (χ0) is 15.3. The number of aliphatic hydroxyl groups is 2. The van der Waals surface area contributed by atoms with E-state index >= 15 is 0 Å². The summed E-state index contributed by atoms with van der Waals surface area (Å²) in [5.41, 5.74) is 2.35. The minimum absolute atomic E-state index is 0.0679. The molecule has 1 aromatic rings.